The van der Waals surface area contributed by atoms with E-state index in [2.05, 4.69) is 15.6 Å². The lowest BCUT2D eigenvalue weighted by Crippen LogP contribution is -2.31. The number of halogens is 2. The summed E-state index contributed by atoms with van der Waals surface area (Å²) in [6, 6.07) is 13.7. The Kier molecular flexibility index (Phi) is 8.01. The summed E-state index contributed by atoms with van der Waals surface area (Å²) in [5.41, 5.74) is 2.24. The second-order valence-corrected chi connectivity index (χ2v) is 8.32. The van der Waals surface area contributed by atoms with E-state index in [1.807, 2.05) is 30.3 Å². The summed E-state index contributed by atoms with van der Waals surface area (Å²) < 4.78 is 5.22. The Hall–Kier alpha value is -2.48. The van der Waals surface area contributed by atoms with Crippen molar-refractivity contribution in [3.63, 3.8) is 0 Å². The number of carbonyl (C=O) groups excluding carboxylic acids is 2. The van der Waals surface area contributed by atoms with Gasteiger partial charge in [-0.3, -0.25) is 4.79 Å². The number of benzene rings is 2. The van der Waals surface area contributed by atoms with Gasteiger partial charge in [0.15, 0.2) is 5.17 Å². The largest absolute Gasteiger partial charge is 0.463 e. The maximum absolute atomic E-state index is 12.6. The molecule has 0 radical (unpaired) electrons. The van der Waals surface area contributed by atoms with Gasteiger partial charge in [0.05, 0.1) is 28.0 Å². The zero-order valence-electron chi connectivity index (χ0n) is 16.9. The minimum atomic E-state index is -0.703. The summed E-state index contributed by atoms with van der Waals surface area (Å²) >= 11 is 13.8. The van der Waals surface area contributed by atoms with Gasteiger partial charge in [0.2, 0.25) is 5.91 Å². The van der Waals surface area contributed by atoms with E-state index >= 15 is 0 Å². The number of allylic oxidation sites excluding steroid dienone is 1. The molecule has 0 aliphatic carbocycles. The van der Waals surface area contributed by atoms with Gasteiger partial charge < -0.3 is 15.4 Å². The Labute approximate surface area is 195 Å². The summed E-state index contributed by atoms with van der Waals surface area (Å²) in [6.07, 6.45) is 0. The van der Waals surface area contributed by atoms with E-state index in [-0.39, 0.29) is 18.3 Å². The summed E-state index contributed by atoms with van der Waals surface area (Å²) in [6.45, 7) is 3.73. The molecule has 2 aromatic rings. The molecule has 0 saturated heterocycles. The topological polar surface area (TPSA) is 79.8 Å². The number of amidine groups is 1. The fourth-order valence-corrected chi connectivity index (χ4v) is 4.16. The maximum Gasteiger partial charge on any atom is 0.338 e. The average molecular weight is 478 g/mol. The van der Waals surface area contributed by atoms with Gasteiger partial charge in [-0.1, -0.05) is 65.3 Å². The molecule has 1 heterocycles. The maximum atomic E-state index is 12.6. The standard InChI is InChI=1S/C22H21Cl2N3O3S/c1-3-30-21(29)18-13(2)25-22(27-20(18)15-10-7-11-16(23)19(15)24)31-12-17(28)26-14-8-5-4-6-9-14/h4-11,20H,3,12H2,1-2H3,(H,25,27)(H,26,28)/t20-/m0/s1. The van der Waals surface area contributed by atoms with Gasteiger partial charge in [-0.25, -0.2) is 9.79 Å². The van der Waals surface area contributed by atoms with Crippen LogP contribution in [0.25, 0.3) is 0 Å². The SMILES string of the molecule is CCOC(=O)C1=C(C)NC(SCC(=O)Nc2ccccc2)=N[C@H]1c1cccc(Cl)c1Cl. The van der Waals surface area contributed by atoms with Gasteiger partial charge in [-0.05, 0) is 32.0 Å². The number of thioether (sulfide) groups is 1. The molecular weight excluding hydrogens is 457 g/mol. The van der Waals surface area contributed by atoms with E-state index in [4.69, 9.17) is 27.9 Å². The van der Waals surface area contributed by atoms with Crippen LogP contribution in [0.15, 0.2) is 64.8 Å². The van der Waals surface area contributed by atoms with Crippen LogP contribution in [0.5, 0.6) is 0 Å². The molecule has 1 aliphatic heterocycles. The fourth-order valence-electron chi connectivity index (χ4n) is 3.00. The number of amides is 1. The van der Waals surface area contributed by atoms with Crippen LogP contribution in [0, 0.1) is 0 Å². The van der Waals surface area contributed by atoms with E-state index in [0.717, 1.165) is 5.69 Å². The van der Waals surface area contributed by atoms with Gasteiger partial charge >= 0.3 is 5.97 Å². The highest BCUT2D eigenvalue weighted by Gasteiger charge is 2.32. The van der Waals surface area contributed by atoms with Crippen LogP contribution < -0.4 is 10.6 Å². The minimum Gasteiger partial charge on any atom is -0.463 e. The van der Waals surface area contributed by atoms with Crippen molar-refractivity contribution >= 4 is 57.7 Å². The minimum absolute atomic E-state index is 0.138. The summed E-state index contributed by atoms with van der Waals surface area (Å²) in [4.78, 5) is 29.6. The first-order valence-corrected chi connectivity index (χ1v) is 11.3. The third kappa shape index (κ3) is 5.81. The van der Waals surface area contributed by atoms with Crippen LogP contribution in [-0.2, 0) is 14.3 Å². The Morgan fingerprint density at radius 2 is 1.90 bits per heavy atom. The lowest BCUT2D eigenvalue weighted by atomic mass is 9.96. The van der Waals surface area contributed by atoms with Crippen molar-refractivity contribution < 1.29 is 14.3 Å². The molecular formula is C22H21Cl2N3O3S. The van der Waals surface area contributed by atoms with Crippen LogP contribution in [0.1, 0.15) is 25.5 Å². The number of para-hydroxylation sites is 1. The lowest BCUT2D eigenvalue weighted by Gasteiger charge is -2.26. The third-order valence-electron chi connectivity index (χ3n) is 4.39. The molecule has 0 aromatic heterocycles. The van der Waals surface area contributed by atoms with Gasteiger partial charge in [0, 0.05) is 16.9 Å². The number of nitrogens with zero attached hydrogens (tertiary/aromatic N) is 1. The summed E-state index contributed by atoms with van der Waals surface area (Å²) in [5.74, 6) is -0.516. The Morgan fingerprint density at radius 1 is 1.16 bits per heavy atom. The van der Waals surface area contributed by atoms with Crippen LogP contribution in [0.4, 0.5) is 5.69 Å². The molecule has 31 heavy (non-hydrogen) atoms. The molecule has 9 heteroatoms. The average Bonchev–Trinajstić information content (AvgIpc) is 2.74. The molecule has 1 atom stereocenters. The van der Waals surface area contributed by atoms with E-state index < -0.39 is 12.0 Å². The van der Waals surface area contributed by atoms with Crippen LogP contribution in [-0.4, -0.2) is 29.4 Å². The molecule has 1 aliphatic rings. The van der Waals surface area contributed by atoms with Crippen molar-refractivity contribution in [2.45, 2.75) is 19.9 Å². The van der Waals surface area contributed by atoms with Gasteiger partial charge in [-0.2, -0.15) is 0 Å². The van der Waals surface area contributed by atoms with E-state index in [0.29, 0.717) is 32.0 Å². The number of hydrogen-bond donors (Lipinski definition) is 2. The highest BCUT2D eigenvalue weighted by atomic mass is 35.5. The smallest absolute Gasteiger partial charge is 0.338 e. The number of aliphatic imine (C=N–C) groups is 1. The summed E-state index contributed by atoms with van der Waals surface area (Å²) in [5, 5.41) is 7.10. The molecule has 3 rings (SSSR count). The zero-order chi connectivity index (χ0) is 22.4. The molecule has 0 spiro atoms. The first kappa shape index (κ1) is 23.2. The first-order valence-electron chi connectivity index (χ1n) is 9.55. The molecule has 162 valence electrons. The Morgan fingerprint density at radius 3 is 2.61 bits per heavy atom. The molecule has 2 N–H and O–H groups in total. The quantitative estimate of drug-likeness (QED) is 0.558. The Balaban J connectivity index is 1.83. The van der Waals surface area contributed by atoms with Crippen molar-refractivity contribution in [1.29, 1.82) is 0 Å². The predicted molar refractivity (Wildman–Crippen MR) is 127 cm³/mol. The van der Waals surface area contributed by atoms with Crippen LogP contribution in [0.3, 0.4) is 0 Å². The highest BCUT2D eigenvalue weighted by molar-refractivity contribution is 8.14. The third-order valence-corrected chi connectivity index (χ3v) is 6.11. The van der Waals surface area contributed by atoms with E-state index in [9.17, 15) is 9.59 Å². The van der Waals surface area contributed by atoms with Crippen LogP contribution in [0.2, 0.25) is 10.0 Å². The molecule has 1 amide bonds. The van der Waals surface area contributed by atoms with Gasteiger partial charge in [-0.15, -0.1) is 0 Å². The molecule has 6 nitrogen and oxygen atoms in total. The molecule has 0 bridgehead atoms. The lowest BCUT2D eigenvalue weighted by molar-refractivity contribution is -0.139. The normalized spacial score (nSPS) is 15.7. The molecule has 0 saturated carbocycles. The van der Waals surface area contributed by atoms with E-state index in [1.165, 1.54) is 11.8 Å². The number of hydrogen-bond acceptors (Lipinski definition) is 6. The van der Waals surface area contributed by atoms with Crippen molar-refractivity contribution in [2.24, 2.45) is 4.99 Å². The summed E-state index contributed by atoms with van der Waals surface area (Å²) in [7, 11) is 0. The fraction of sp³-hybridized carbons (Fsp3) is 0.227. The molecule has 0 unspecified atom stereocenters. The van der Waals surface area contributed by atoms with Gasteiger partial charge in [0.1, 0.15) is 6.04 Å². The number of ether oxygens (including phenoxy) is 1. The highest BCUT2D eigenvalue weighted by Crippen LogP contribution is 2.39. The van der Waals surface area contributed by atoms with Crippen molar-refractivity contribution in [3.05, 3.63) is 75.4 Å². The first-order chi connectivity index (χ1) is 14.9. The monoisotopic (exact) mass is 477 g/mol. The van der Waals surface area contributed by atoms with Crippen LogP contribution >= 0.6 is 35.0 Å². The number of nitrogens with one attached hydrogen (secondary N) is 2. The number of carbonyl (C=O) groups is 2. The number of esters is 1. The van der Waals surface area contributed by atoms with Gasteiger partial charge in [0.25, 0.3) is 0 Å². The second kappa shape index (κ2) is 10.7. The van der Waals surface area contributed by atoms with Crippen molar-refractivity contribution in [1.82, 2.24) is 5.32 Å². The molecule has 2 aromatic carbocycles. The number of rotatable bonds is 6. The van der Waals surface area contributed by atoms with Crippen molar-refractivity contribution in [2.75, 3.05) is 17.7 Å². The second-order valence-electron chi connectivity index (χ2n) is 6.57. The zero-order valence-corrected chi connectivity index (χ0v) is 19.3. The van der Waals surface area contributed by atoms with Crippen molar-refractivity contribution in [3.8, 4) is 0 Å². The predicted octanol–water partition coefficient (Wildman–Crippen LogP) is 5.20. The molecule has 0 fully saturated rings. The number of anilines is 1. The van der Waals surface area contributed by atoms with E-state index in [1.54, 1.807) is 32.0 Å². The Bertz CT molecular complexity index is 1040.